The van der Waals surface area contributed by atoms with Crippen LogP contribution in [0.5, 0.6) is 0 Å². The third kappa shape index (κ3) is 2.71. The summed E-state index contributed by atoms with van der Waals surface area (Å²) in [5, 5.41) is 3.61. The van der Waals surface area contributed by atoms with Gasteiger partial charge in [0.2, 0.25) is 0 Å². The van der Waals surface area contributed by atoms with Crippen molar-refractivity contribution in [1.29, 1.82) is 0 Å². The van der Waals surface area contributed by atoms with E-state index in [9.17, 15) is 0 Å². The SMILES string of the molecule is Cc1[nH]c2ccccc2c1[C@H](c1cccs1)[NH+]1CC[NH+](C)CC1. The van der Waals surface area contributed by atoms with Gasteiger partial charge in [-0.3, -0.25) is 0 Å². The van der Waals surface area contributed by atoms with Crippen LogP contribution in [0.25, 0.3) is 10.9 Å². The number of likely N-dealkylation sites (N-methyl/N-ethyl adjacent to an activating group) is 1. The van der Waals surface area contributed by atoms with Gasteiger partial charge in [-0.15, -0.1) is 11.3 Å². The molecule has 0 bridgehead atoms. The van der Waals surface area contributed by atoms with Crippen LogP contribution in [0.15, 0.2) is 41.8 Å². The van der Waals surface area contributed by atoms with E-state index in [1.807, 2.05) is 11.3 Å². The largest absolute Gasteiger partial charge is 0.358 e. The first-order valence-corrected chi connectivity index (χ1v) is 9.38. The molecule has 0 unspecified atom stereocenters. The molecule has 0 saturated carbocycles. The normalized spacial score (nSPS) is 23.2. The quantitative estimate of drug-likeness (QED) is 0.641. The maximum absolute atomic E-state index is 3.60. The van der Waals surface area contributed by atoms with Gasteiger partial charge in [0.1, 0.15) is 26.2 Å². The van der Waals surface area contributed by atoms with Gasteiger partial charge in [0.15, 0.2) is 6.04 Å². The molecular formula is C19H25N3S+2. The van der Waals surface area contributed by atoms with Crippen LogP contribution in [0, 0.1) is 6.92 Å². The molecule has 2 aromatic heterocycles. The average molecular weight is 327 g/mol. The van der Waals surface area contributed by atoms with E-state index in [4.69, 9.17) is 0 Å². The second kappa shape index (κ2) is 6.11. The summed E-state index contributed by atoms with van der Waals surface area (Å²) in [5.74, 6) is 0. The van der Waals surface area contributed by atoms with Crippen molar-refractivity contribution in [3.8, 4) is 0 Å². The van der Waals surface area contributed by atoms with Crippen LogP contribution in [0.4, 0.5) is 0 Å². The van der Waals surface area contributed by atoms with Crippen LogP contribution < -0.4 is 9.80 Å². The molecule has 3 nitrogen and oxygen atoms in total. The highest BCUT2D eigenvalue weighted by Gasteiger charge is 2.34. The summed E-state index contributed by atoms with van der Waals surface area (Å²) in [4.78, 5) is 8.47. The molecule has 3 heterocycles. The monoisotopic (exact) mass is 327 g/mol. The summed E-state index contributed by atoms with van der Waals surface area (Å²) in [7, 11) is 2.31. The van der Waals surface area contributed by atoms with Gasteiger partial charge < -0.3 is 14.8 Å². The highest BCUT2D eigenvalue weighted by molar-refractivity contribution is 7.10. The van der Waals surface area contributed by atoms with Crippen molar-refractivity contribution < 1.29 is 9.80 Å². The molecule has 1 aromatic carbocycles. The number of quaternary nitrogens is 2. The molecule has 0 amide bonds. The number of para-hydroxylation sites is 1. The lowest BCUT2D eigenvalue weighted by atomic mass is 9.99. The predicted octanol–water partition coefficient (Wildman–Crippen LogP) is 1.04. The molecule has 3 N–H and O–H groups in total. The van der Waals surface area contributed by atoms with E-state index in [0.29, 0.717) is 6.04 Å². The van der Waals surface area contributed by atoms with Gasteiger partial charge in [0.25, 0.3) is 0 Å². The zero-order valence-corrected chi connectivity index (χ0v) is 14.7. The summed E-state index contributed by atoms with van der Waals surface area (Å²) in [6, 6.07) is 13.7. The van der Waals surface area contributed by atoms with Gasteiger partial charge in [-0.05, 0) is 24.4 Å². The van der Waals surface area contributed by atoms with Crippen molar-refractivity contribution in [1.82, 2.24) is 4.98 Å². The van der Waals surface area contributed by atoms with E-state index in [-0.39, 0.29) is 0 Å². The number of H-pyrrole nitrogens is 1. The third-order valence-corrected chi connectivity index (χ3v) is 6.15. The van der Waals surface area contributed by atoms with Gasteiger partial charge in [-0.1, -0.05) is 24.3 Å². The molecule has 1 saturated heterocycles. The molecular weight excluding hydrogens is 302 g/mol. The molecule has 0 radical (unpaired) electrons. The van der Waals surface area contributed by atoms with Crippen LogP contribution in [-0.4, -0.2) is 38.2 Å². The minimum Gasteiger partial charge on any atom is -0.358 e. The number of piperazine rings is 1. The fourth-order valence-corrected chi connectivity index (χ4v) is 4.85. The maximum Gasteiger partial charge on any atom is 0.151 e. The van der Waals surface area contributed by atoms with Crippen LogP contribution in [0.1, 0.15) is 22.2 Å². The van der Waals surface area contributed by atoms with Crippen molar-refractivity contribution in [2.45, 2.75) is 13.0 Å². The minimum absolute atomic E-state index is 0.458. The number of hydrogen-bond donors (Lipinski definition) is 3. The first kappa shape index (κ1) is 14.9. The Morgan fingerprint density at radius 2 is 1.83 bits per heavy atom. The Labute approximate surface area is 141 Å². The fraction of sp³-hybridized carbons (Fsp3) is 0.368. The Balaban J connectivity index is 1.83. The summed E-state index contributed by atoms with van der Waals surface area (Å²) in [6.07, 6.45) is 0. The van der Waals surface area contributed by atoms with Crippen LogP contribution in [0.2, 0.25) is 0 Å². The summed E-state index contributed by atoms with van der Waals surface area (Å²) >= 11 is 1.90. The highest BCUT2D eigenvalue weighted by Crippen LogP contribution is 2.32. The second-order valence-corrected chi connectivity index (χ2v) is 7.75. The number of rotatable bonds is 3. The second-order valence-electron chi connectivity index (χ2n) is 6.77. The van der Waals surface area contributed by atoms with Gasteiger partial charge in [-0.25, -0.2) is 0 Å². The lowest BCUT2D eigenvalue weighted by Gasteiger charge is -2.33. The molecule has 0 spiro atoms. The zero-order valence-electron chi connectivity index (χ0n) is 13.9. The van der Waals surface area contributed by atoms with Gasteiger partial charge in [0.05, 0.1) is 11.9 Å². The van der Waals surface area contributed by atoms with Crippen LogP contribution in [0.3, 0.4) is 0 Å². The molecule has 1 atom stereocenters. The molecule has 4 heteroatoms. The standard InChI is InChI=1S/C19H23N3S/c1-14-18(15-6-3-4-7-16(15)20-14)19(17-8-5-13-23-17)22-11-9-21(2)10-12-22/h3-8,13,19-20H,9-12H2,1-2H3/p+2/t19-/m0/s1. The Hall–Kier alpha value is -1.62. The summed E-state index contributed by atoms with van der Waals surface area (Å²) < 4.78 is 0. The smallest absolute Gasteiger partial charge is 0.151 e. The molecule has 3 aromatic rings. The van der Waals surface area contributed by atoms with E-state index in [1.54, 1.807) is 9.80 Å². The number of aryl methyl sites for hydroxylation is 1. The number of benzene rings is 1. The number of aromatic nitrogens is 1. The number of hydrogen-bond acceptors (Lipinski definition) is 1. The zero-order chi connectivity index (χ0) is 15.8. The topological polar surface area (TPSA) is 24.7 Å². The Kier molecular flexibility index (Phi) is 3.97. The van der Waals surface area contributed by atoms with Crippen molar-refractivity contribution in [3.63, 3.8) is 0 Å². The Morgan fingerprint density at radius 3 is 2.57 bits per heavy atom. The maximum atomic E-state index is 3.60. The predicted molar refractivity (Wildman–Crippen MR) is 96.5 cm³/mol. The van der Waals surface area contributed by atoms with Crippen molar-refractivity contribution in [3.05, 3.63) is 57.9 Å². The molecule has 1 fully saturated rings. The molecule has 1 aliphatic rings. The van der Waals surface area contributed by atoms with Crippen molar-refractivity contribution >= 4 is 22.2 Å². The number of aromatic amines is 1. The Bertz CT molecular complexity index is 782. The molecule has 0 aliphatic carbocycles. The van der Waals surface area contributed by atoms with Gasteiger partial charge in [0, 0.05) is 22.2 Å². The average Bonchev–Trinajstić information content (AvgIpc) is 3.18. The first-order valence-electron chi connectivity index (χ1n) is 8.50. The molecule has 4 rings (SSSR count). The molecule has 1 aliphatic heterocycles. The lowest BCUT2D eigenvalue weighted by molar-refractivity contribution is -1.02. The lowest BCUT2D eigenvalue weighted by Crippen LogP contribution is -3.27. The van der Waals surface area contributed by atoms with E-state index in [2.05, 4.69) is 60.7 Å². The number of thiophene rings is 1. The van der Waals surface area contributed by atoms with E-state index in [1.165, 1.54) is 53.2 Å². The minimum atomic E-state index is 0.458. The van der Waals surface area contributed by atoms with Crippen LogP contribution in [-0.2, 0) is 0 Å². The first-order chi connectivity index (χ1) is 11.2. The molecule has 23 heavy (non-hydrogen) atoms. The van der Waals surface area contributed by atoms with Crippen molar-refractivity contribution in [2.75, 3.05) is 33.2 Å². The van der Waals surface area contributed by atoms with E-state index >= 15 is 0 Å². The third-order valence-electron chi connectivity index (χ3n) is 5.21. The highest BCUT2D eigenvalue weighted by atomic mass is 32.1. The number of fused-ring (bicyclic) bond motifs is 1. The fourth-order valence-electron chi connectivity index (χ4n) is 3.96. The summed E-state index contributed by atoms with van der Waals surface area (Å²) in [5.41, 5.74) is 4.08. The van der Waals surface area contributed by atoms with Crippen LogP contribution >= 0.6 is 11.3 Å². The summed E-state index contributed by atoms with van der Waals surface area (Å²) in [6.45, 7) is 7.24. The van der Waals surface area contributed by atoms with E-state index < -0.39 is 0 Å². The Morgan fingerprint density at radius 1 is 1.04 bits per heavy atom. The molecule has 120 valence electrons. The van der Waals surface area contributed by atoms with Crippen molar-refractivity contribution in [2.24, 2.45) is 0 Å². The van der Waals surface area contributed by atoms with Gasteiger partial charge in [-0.2, -0.15) is 0 Å². The number of nitrogens with one attached hydrogen (secondary N) is 3. The van der Waals surface area contributed by atoms with E-state index in [0.717, 1.165) is 0 Å². The van der Waals surface area contributed by atoms with Gasteiger partial charge >= 0.3 is 0 Å².